The summed E-state index contributed by atoms with van der Waals surface area (Å²) in [5.74, 6) is -0.471. The molecular formula is C35H36BrN7O6S. The summed E-state index contributed by atoms with van der Waals surface area (Å²) in [6.45, 7) is 2.75. The molecule has 1 unspecified atom stereocenters. The number of carbonyl (C=O) groups excluding carboxylic acids is 4. The normalized spacial score (nSPS) is 21.0. The minimum Gasteiger partial charge on any atom is -0.494 e. The van der Waals surface area contributed by atoms with E-state index < -0.39 is 29.7 Å². The number of likely N-dealkylation sites (N-methyl/N-ethyl adjacent to an activating group) is 1. The Morgan fingerprint density at radius 3 is 2.66 bits per heavy atom. The van der Waals surface area contributed by atoms with E-state index >= 15 is 0 Å². The second kappa shape index (κ2) is 14.0. The number of thiazole rings is 1. The van der Waals surface area contributed by atoms with Crippen LogP contribution in [-0.4, -0.2) is 95.2 Å². The second-order valence-corrected chi connectivity index (χ2v) is 14.6. The van der Waals surface area contributed by atoms with Crippen LogP contribution in [0.4, 0.5) is 11.5 Å². The average molecular weight is 763 g/mol. The summed E-state index contributed by atoms with van der Waals surface area (Å²) in [5.41, 5.74) is 2.21. The number of amides is 4. The van der Waals surface area contributed by atoms with Crippen LogP contribution in [-0.2, 0) is 9.59 Å². The zero-order chi connectivity index (χ0) is 35.1. The number of anilines is 2. The number of halogens is 1. The molecule has 5 heterocycles. The maximum Gasteiger partial charge on any atom is 0.275 e. The Labute approximate surface area is 300 Å². The predicted molar refractivity (Wildman–Crippen MR) is 192 cm³/mol. The first-order chi connectivity index (χ1) is 24.1. The Balaban J connectivity index is 0.932. The number of rotatable bonds is 10. The Bertz CT molecular complexity index is 2050. The van der Waals surface area contributed by atoms with Crippen LogP contribution in [0, 0.1) is 0 Å². The quantitative estimate of drug-likeness (QED) is 0.181. The summed E-state index contributed by atoms with van der Waals surface area (Å²) in [6.07, 6.45) is 3.46. The fourth-order valence-corrected chi connectivity index (χ4v) is 8.18. The standard InChI is InChI=1S/C35H36BrN7O6S/c1-40-18-21(17-22(19-40)37-30-29(36)34(48)42-14-16-50-35(42)39-30)20-7-9-23(10-8-20)49-15-4-13-41(2)25-6-3-5-24-28(25)33(47)43(32(24)46)26-11-12-27(44)38-31(26)45/h3,5-10,14,16,21-22,26,37H,4,11-13,15,17-19H2,1-2H3,(H,38,44,45)/t21-,22+,26?/m0/s1. The van der Waals surface area contributed by atoms with E-state index in [9.17, 15) is 24.0 Å². The molecule has 0 aliphatic carbocycles. The number of nitrogens with zero attached hydrogens (tertiary/aromatic N) is 5. The topological polar surface area (TPSA) is 146 Å². The van der Waals surface area contributed by atoms with Crippen LogP contribution in [0.25, 0.3) is 4.96 Å². The van der Waals surface area contributed by atoms with E-state index in [4.69, 9.17) is 4.74 Å². The van der Waals surface area contributed by atoms with Gasteiger partial charge in [-0.25, -0.2) is 4.98 Å². The number of likely N-dealkylation sites (tertiary alicyclic amines) is 1. The van der Waals surface area contributed by atoms with Crippen molar-refractivity contribution in [3.8, 4) is 5.75 Å². The third kappa shape index (κ3) is 6.52. The van der Waals surface area contributed by atoms with Crippen LogP contribution in [0.5, 0.6) is 5.75 Å². The molecule has 2 N–H and O–H groups in total. The molecule has 15 heteroatoms. The monoisotopic (exact) mass is 761 g/mol. The van der Waals surface area contributed by atoms with Gasteiger partial charge in [0, 0.05) is 50.7 Å². The number of carbonyl (C=O) groups is 4. The fraction of sp³-hybridized carbons (Fsp3) is 0.371. The van der Waals surface area contributed by atoms with Gasteiger partial charge in [-0.2, -0.15) is 0 Å². The Morgan fingerprint density at radius 1 is 1.08 bits per heavy atom. The van der Waals surface area contributed by atoms with E-state index in [1.807, 2.05) is 29.5 Å². The van der Waals surface area contributed by atoms with Gasteiger partial charge in [0.25, 0.3) is 17.4 Å². The van der Waals surface area contributed by atoms with Crippen molar-refractivity contribution in [3.05, 3.63) is 85.6 Å². The zero-order valence-corrected chi connectivity index (χ0v) is 30.0. The molecule has 0 radical (unpaired) electrons. The van der Waals surface area contributed by atoms with Crippen molar-refractivity contribution in [1.29, 1.82) is 0 Å². The van der Waals surface area contributed by atoms with Gasteiger partial charge in [0.1, 0.15) is 22.1 Å². The molecule has 0 spiro atoms. The number of ether oxygens (including phenoxy) is 1. The molecule has 2 fully saturated rings. The van der Waals surface area contributed by atoms with E-state index in [-0.39, 0.29) is 41.5 Å². The number of imide groups is 2. The summed E-state index contributed by atoms with van der Waals surface area (Å²) in [4.78, 5) is 74.0. The minimum atomic E-state index is -1.01. The van der Waals surface area contributed by atoms with Crippen LogP contribution < -0.4 is 25.8 Å². The smallest absolute Gasteiger partial charge is 0.275 e. The molecule has 13 nitrogen and oxygen atoms in total. The Kier molecular flexibility index (Phi) is 9.46. The number of benzene rings is 2. The van der Waals surface area contributed by atoms with E-state index in [0.29, 0.717) is 40.5 Å². The average Bonchev–Trinajstić information content (AvgIpc) is 3.67. The predicted octanol–water partition coefficient (Wildman–Crippen LogP) is 3.72. The number of hydrogen-bond donors (Lipinski definition) is 2. The molecular weight excluding hydrogens is 726 g/mol. The molecule has 0 bridgehead atoms. The number of fused-ring (bicyclic) bond motifs is 2. The molecule has 50 heavy (non-hydrogen) atoms. The van der Waals surface area contributed by atoms with Crippen LogP contribution in [0.3, 0.4) is 0 Å². The van der Waals surface area contributed by atoms with Crippen molar-refractivity contribution in [3.63, 3.8) is 0 Å². The SMILES string of the molecule is CN1C[C@H](Nc2nc3sccn3c(=O)c2Br)C[C@H](c2ccc(OCCCN(C)c3cccc4c3C(=O)N(C3CCC(=O)NC3=O)C4=O)cc2)C1. The van der Waals surface area contributed by atoms with Gasteiger partial charge in [-0.3, -0.25) is 38.6 Å². The van der Waals surface area contributed by atoms with Gasteiger partial charge < -0.3 is 19.9 Å². The molecule has 3 atom stereocenters. The Hall–Kier alpha value is -4.60. The Morgan fingerprint density at radius 2 is 1.88 bits per heavy atom. The van der Waals surface area contributed by atoms with Gasteiger partial charge in [-0.15, -0.1) is 11.3 Å². The third-order valence-electron chi connectivity index (χ3n) is 9.50. The van der Waals surface area contributed by atoms with Crippen molar-refractivity contribution in [2.75, 3.05) is 50.6 Å². The molecule has 3 aliphatic rings. The number of aromatic nitrogens is 2. The summed E-state index contributed by atoms with van der Waals surface area (Å²) in [6, 6.07) is 12.4. The van der Waals surface area contributed by atoms with E-state index in [1.165, 1.54) is 21.3 Å². The van der Waals surface area contributed by atoms with Gasteiger partial charge in [0.2, 0.25) is 11.8 Å². The first kappa shape index (κ1) is 33.9. The molecule has 0 saturated carbocycles. The lowest BCUT2D eigenvalue weighted by atomic mass is 9.88. The fourth-order valence-electron chi connectivity index (χ4n) is 7.08. The highest BCUT2D eigenvalue weighted by Gasteiger charge is 2.46. The summed E-state index contributed by atoms with van der Waals surface area (Å²) in [7, 11) is 3.95. The molecule has 3 aliphatic heterocycles. The highest BCUT2D eigenvalue weighted by Crippen LogP contribution is 2.34. The first-order valence-corrected chi connectivity index (χ1v) is 18.1. The van der Waals surface area contributed by atoms with Crippen LogP contribution in [0.15, 0.2) is 63.3 Å². The molecule has 260 valence electrons. The van der Waals surface area contributed by atoms with Crippen LogP contribution in [0.2, 0.25) is 0 Å². The number of hydrogen-bond acceptors (Lipinski definition) is 11. The molecule has 4 amide bonds. The van der Waals surface area contributed by atoms with Crippen molar-refractivity contribution < 1.29 is 23.9 Å². The summed E-state index contributed by atoms with van der Waals surface area (Å²) in [5, 5.41) is 7.59. The first-order valence-electron chi connectivity index (χ1n) is 16.5. The molecule has 2 saturated heterocycles. The van der Waals surface area contributed by atoms with E-state index in [1.54, 1.807) is 24.4 Å². The highest BCUT2D eigenvalue weighted by molar-refractivity contribution is 9.10. The van der Waals surface area contributed by atoms with Crippen molar-refractivity contribution >= 4 is 67.4 Å². The van der Waals surface area contributed by atoms with Crippen LogP contribution in [0.1, 0.15) is 57.9 Å². The number of piperidine rings is 2. The largest absolute Gasteiger partial charge is 0.494 e. The van der Waals surface area contributed by atoms with Crippen molar-refractivity contribution in [2.24, 2.45) is 0 Å². The minimum absolute atomic E-state index is 0.0730. The number of nitrogens with one attached hydrogen (secondary N) is 2. The summed E-state index contributed by atoms with van der Waals surface area (Å²) >= 11 is 4.87. The van der Waals surface area contributed by atoms with Gasteiger partial charge in [0.15, 0.2) is 4.96 Å². The van der Waals surface area contributed by atoms with E-state index in [0.717, 1.165) is 30.2 Å². The zero-order valence-electron chi connectivity index (χ0n) is 27.6. The van der Waals surface area contributed by atoms with Gasteiger partial charge in [-0.1, -0.05) is 18.2 Å². The lowest BCUT2D eigenvalue weighted by Crippen LogP contribution is -2.54. The maximum atomic E-state index is 13.5. The van der Waals surface area contributed by atoms with Crippen molar-refractivity contribution in [2.45, 2.75) is 43.7 Å². The van der Waals surface area contributed by atoms with Crippen LogP contribution >= 0.6 is 27.3 Å². The third-order valence-corrected chi connectivity index (χ3v) is 11.0. The maximum absolute atomic E-state index is 13.5. The molecule has 7 rings (SSSR count). The summed E-state index contributed by atoms with van der Waals surface area (Å²) < 4.78 is 8.03. The lowest BCUT2D eigenvalue weighted by molar-refractivity contribution is -0.136. The second-order valence-electron chi connectivity index (χ2n) is 13.0. The van der Waals surface area contributed by atoms with Crippen molar-refractivity contribution in [1.82, 2.24) is 24.5 Å². The van der Waals surface area contributed by atoms with Gasteiger partial charge in [0.05, 0.1) is 23.4 Å². The van der Waals surface area contributed by atoms with E-state index in [2.05, 4.69) is 55.6 Å². The molecule has 2 aromatic carbocycles. The molecule has 4 aromatic rings. The van der Waals surface area contributed by atoms with Gasteiger partial charge >= 0.3 is 0 Å². The highest BCUT2D eigenvalue weighted by atomic mass is 79.9. The van der Waals surface area contributed by atoms with Gasteiger partial charge in [-0.05, 0) is 78.0 Å². The lowest BCUT2D eigenvalue weighted by Gasteiger charge is -2.36. The molecule has 2 aromatic heterocycles.